The Morgan fingerprint density at radius 1 is 0.889 bits per heavy atom. The first-order valence-electron chi connectivity index (χ1n) is 21.3. The number of pyridine rings is 3. The molecule has 328 valence electrons. The van der Waals surface area contributed by atoms with Crippen LogP contribution < -0.4 is 26.0 Å². The van der Waals surface area contributed by atoms with E-state index < -0.39 is 42.2 Å². The maximum atomic E-state index is 13.4. The predicted molar refractivity (Wildman–Crippen MR) is 226 cm³/mol. The van der Waals surface area contributed by atoms with Crippen LogP contribution in [0, 0.1) is 11.8 Å². The van der Waals surface area contributed by atoms with Crippen molar-refractivity contribution in [3.63, 3.8) is 0 Å². The summed E-state index contributed by atoms with van der Waals surface area (Å²) in [4.78, 5) is 103. The van der Waals surface area contributed by atoms with Gasteiger partial charge in [0.2, 0.25) is 11.8 Å². The first-order valence-corrected chi connectivity index (χ1v) is 21.3. The molecule has 3 aromatic heterocycles. The molecule has 0 bridgehead atoms. The lowest BCUT2D eigenvalue weighted by Crippen LogP contribution is -2.54. The molecule has 5 heterocycles. The largest absolute Gasteiger partial charge is 0.483 e. The van der Waals surface area contributed by atoms with Gasteiger partial charge in [-0.15, -0.1) is 0 Å². The topological polar surface area (TPSA) is 237 Å². The molecule has 1 aromatic carbocycles. The number of ketones is 2. The Hall–Kier alpha value is -6.66. The second-order valence-electron chi connectivity index (χ2n) is 16.1. The van der Waals surface area contributed by atoms with E-state index in [0.29, 0.717) is 75.2 Å². The van der Waals surface area contributed by atoms with E-state index >= 15 is 0 Å². The van der Waals surface area contributed by atoms with Crippen molar-refractivity contribution in [2.75, 3.05) is 50.2 Å². The van der Waals surface area contributed by atoms with Gasteiger partial charge in [0.15, 0.2) is 12.4 Å². The van der Waals surface area contributed by atoms with Crippen LogP contribution in [0.3, 0.4) is 0 Å². The summed E-state index contributed by atoms with van der Waals surface area (Å²) in [6.45, 7) is 1.01. The molecule has 0 radical (unpaired) electrons. The van der Waals surface area contributed by atoms with Crippen LogP contribution in [0.1, 0.15) is 88.9 Å². The number of carbonyl (C=O) groups excluding carboxylic acids is 7. The van der Waals surface area contributed by atoms with E-state index in [2.05, 4.69) is 36.2 Å². The van der Waals surface area contributed by atoms with Crippen molar-refractivity contribution >= 4 is 69.3 Å². The fourth-order valence-electron chi connectivity index (χ4n) is 7.95. The van der Waals surface area contributed by atoms with Gasteiger partial charge in [-0.25, -0.2) is 9.97 Å². The molecule has 18 heteroatoms. The van der Waals surface area contributed by atoms with Gasteiger partial charge in [0.1, 0.15) is 29.2 Å². The fourth-order valence-corrected chi connectivity index (χ4v) is 7.95. The van der Waals surface area contributed by atoms with Crippen LogP contribution in [0.5, 0.6) is 5.75 Å². The first-order chi connectivity index (χ1) is 30.6. The lowest BCUT2D eigenvalue weighted by atomic mass is 9.69. The highest BCUT2D eigenvalue weighted by molar-refractivity contribution is 6.24. The van der Waals surface area contributed by atoms with Crippen LogP contribution in [0.2, 0.25) is 0 Å². The third-order valence-corrected chi connectivity index (χ3v) is 11.5. The zero-order chi connectivity index (χ0) is 43.9. The number of carbonyl (C=O) groups is 7. The number of piperidine rings is 1. The van der Waals surface area contributed by atoms with Crippen LogP contribution in [-0.4, -0.2) is 113 Å². The van der Waals surface area contributed by atoms with Crippen molar-refractivity contribution in [1.29, 1.82) is 0 Å². The zero-order valence-electron chi connectivity index (χ0n) is 34.6. The van der Waals surface area contributed by atoms with Crippen LogP contribution in [0.15, 0.2) is 61.1 Å². The Kier molecular flexibility index (Phi) is 13.4. The molecule has 1 saturated heterocycles. The number of hydrogen-bond donors (Lipinski definition) is 4. The molecule has 2 saturated carbocycles. The number of nitrogens with zero attached hydrogens (tertiary/aromatic N) is 4. The monoisotopic (exact) mass is 860 g/mol. The van der Waals surface area contributed by atoms with E-state index in [9.17, 15) is 33.6 Å². The van der Waals surface area contributed by atoms with Gasteiger partial charge >= 0.3 is 0 Å². The van der Waals surface area contributed by atoms with E-state index in [1.165, 1.54) is 18.2 Å². The molecule has 0 spiro atoms. The highest BCUT2D eigenvalue weighted by Gasteiger charge is 2.46. The lowest BCUT2D eigenvalue weighted by molar-refractivity contribution is -0.136. The molecule has 2 aliphatic heterocycles. The highest BCUT2D eigenvalue weighted by atomic mass is 16.5. The second-order valence-corrected chi connectivity index (χ2v) is 16.1. The number of hydrogen-bond acceptors (Lipinski definition) is 15. The van der Waals surface area contributed by atoms with Crippen LogP contribution in [-0.2, 0) is 28.7 Å². The average Bonchev–Trinajstić information content (AvgIpc) is 4.04. The number of anilines is 3. The fraction of sp³-hybridized carbons (Fsp3) is 0.422. The number of imide groups is 2. The number of amides is 5. The Bertz CT molecular complexity index is 2430. The summed E-state index contributed by atoms with van der Waals surface area (Å²) in [6.07, 6.45) is 9.98. The summed E-state index contributed by atoms with van der Waals surface area (Å²) in [6, 6.07) is 11.2. The van der Waals surface area contributed by atoms with Crippen molar-refractivity contribution in [3.8, 4) is 5.75 Å². The minimum Gasteiger partial charge on any atom is -0.483 e. The molecule has 63 heavy (non-hydrogen) atoms. The van der Waals surface area contributed by atoms with Gasteiger partial charge in [0.05, 0.1) is 47.7 Å². The highest BCUT2D eigenvalue weighted by Crippen LogP contribution is 2.39. The van der Waals surface area contributed by atoms with E-state index in [-0.39, 0.29) is 66.3 Å². The molecular formula is C45H48N8O10. The summed E-state index contributed by atoms with van der Waals surface area (Å²) >= 11 is 0. The normalized spacial score (nSPS) is 19.3. The molecule has 2 aliphatic carbocycles. The molecule has 1 unspecified atom stereocenters. The molecule has 8 rings (SSSR count). The van der Waals surface area contributed by atoms with Crippen LogP contribution in [0.4, 0.5) is 17.3 Å². The van der Waals surface area contributed by atoms with Crippen molar-refractivity contribution in [3.05, 3.63) is 77.7 Å². The minimum absolute atomic E-state index is 0.00225. The van der Waals surface area contributed by atoms with Gasteiger partial charge in [-0.3, -0.25) is 48.8 Å². The molecule has 4 aromatic rings. The number of Topliss-reactive ketones (excluding diaryl/α,β-unsaturated/α-hetero) is 2. The summed E-state index contributed by atoms with van der Waals surface area (Å²) in [7, 11) is 0. The smallest absolute Gasteiger partial charge is 0.266 e. The Morgan fingerprint density at radius 2 is 1.71 bits per heavy atom. The molecule has 4 aliphatic rings. The number of nitrogens with one attached hydrogen (secondary N) is 4. The number of aromatic nitrogens is 3. The quantitative estimate of drug-likeness (QED) is 0.0498. The summed E-state index contributed by atoms with van der Waals surface area (Å²) in [5, 5.41) is 12.5. The number of fused-ring (bicyclic) bond motifs is 2. The predicted octanol–water partition coefficient (Wildman–Crippen LogP) is 3.92. The van der Waals surface area contributed by atoms with E-state index in [1.807, 2.05) is 24.3 Å². The first kappa shape index (κ1) is 43.0. The molecule has 5 amide bonds. The summed E-state index contributed by atoms with van der Waals surface area (Å²) < 4.78 is 16.7. The number of rotatable bonds is 22. The van der Waals surface area contributed by atoms with Gasteiger partial charge in [-0.1, -0.05) is 6.07 Å². The molecular weight excluding hydrogens is 813 g/mol. The van der Waals surface area contributed by atoms with Gasteiger partial charge in [0, 0.05) is 74.4 Å². The Balaban J connectivity index is 0.670. The Morgan fingerprint density at radius 3 is 2.52 bits per heavy atom. The van der Waals surface area contributed by atoms with E-state index in [0.717, 1.165) is 34.3 Å². The van der Waals surface area contributed by atoms with Crippen LogP contribution >= 0.6 is 0 Å². The summed E-state index contributed by atoms with van der Waals surface area (Å²) in [5.74, 6) is -1.46. The van der Waals surface area contributed by atoms with E-state index in [4.69, 9.17) is 14.2 Å². The Labute approximate surface area is 362 Å². The van der Waals surface area contributed by atoms with Gasteiger partial charge in [-0.05, 0) is 74.8 Å². The third kappa shape index (κ3) is 10.5. The average molecular weight is 861 g/mol. The van der Waals surface area contributed by atoms with Crippen LogP contribution in [0.25, 0.3) is 10.9 Å². The number of benzene rings is 1. The second kappa shape index (κ2) is 19.6. The maximum Gasteiger partial charge on any atom is 0.266 e. The minimum atomic E-state index is -1.11. The lowest BCUT2D eigenvalue weighted by Gasteiger charge is -2.34. The molecule has 3 fully saturated rings. The van der Waals surface area contributed by atoms with Crippen molar-refractivity contribution in [2.24, 2.45) is 11.8 Å². The van der Waals surface area contributed by atoms with Gasteiger partial charge < -0.3 is 30.2 Å². The van der Waals surface area contributed by atoms with Gasteiger partial charge in [-0.2, -0.15) is 0 Å². The summed E-state index contributed by atoms with van der Waals surface area (Å²) in [5.41, 5.74) is 2.15. The van der Waals surface area contributed by atoms with Gasteiger partial charge in [0.25, 0.3) is 17.7 Å². The van der Waals surface area contributed by atoms with Crippen molar-refractivity contribution in [1.82, 2.24) is 30.5 Å². The molecule has 1 atom stereocenters. The van der Waals surface area contributed by atoms with Crippen molar-refractivity contribution in [2.45, 2.75) is 69.9 Å². The molecule has 18 nitrogen and oxygen atoms in total. The van der Waals surface area contributed by atoms with Crippen molar-refractivity contribution < 1.29 is 47.8 Å². The molecule has 4 N–H and O–H groups in total. The maximum absolute atomic E-state index is 13.4. The zero-order valence-corrected chi connectivity index (χ0v) is 34.6. The number of ether oxygens (including phenoxy) is 3. The van der Waals surface area contributed by atoms with E-state index in [1.54, 1.807) is 18.6 Å². The SMILES string of the molecule is O=C(COc1cccc2c1C(=O)N(C1CCC(=O)NC1=O)C2=O)NCCOCCOCCCC(=O)C1CC(CC(=O)c2cnc(Nc3ccc4cnccc4n3)cc2NC2CC2)C1. The standard InChI is InChI=1S/C45H48N8O10/c54-35(28-19-26(20-28)21-36(55)31-24-48-39(22-33(31)49-29-7-8-29)51-38-10-6-27-23-46-13-12-32(27)50-38)4-2-15-61-17-18-62-16-14-47-41(57)25-63-37-5-1-3-30-42(37)45(60)53(44(30)59)34-9-11-40(56)52-43(34)58/h1,3,5-6,10,12-13,22-24,26,28-29,34H,2,4,7-9,11,14-21,25H2,(H,47,57)(H,52,56,58)(H2,48,49,50,51). The third-order valence-electron chi connectivity index (χ3n) is 11.5.